The van der Waals surface area contributed by atoms with Crippen LogP contribution in [-0.2, 0) is 29.0 Å². The van der Waals surface area contributed by atoms with Gasteiger partial charge in [-0.15, -0.1) is 0 Å². The van der Waals surface area contributed by atoms with Gasteiger partial charge in [-0.05, 0) is 31.9 Å². The summed E-state index contributed by atoms with van der Waals surface area (Å²) in [5.74, 6) is -0.308. The minimum absolute atomic E-state index is 0.0182. The molecular weight excluding hydrogens is 413 g/mol. The number of fused-ring (bicyclic) bond motifs is 2. The molecule has 32 heavy (non-hydrogen) atoms. The van der Waals surface area contributed by atoms with Crippen LogP contribution in [0.25, 0.3) is 5.65 Å². The number of amides is 1. The Bertz CT molecular complexity index is 1220. The fraction of sp³-hybridized carbons (Fsp3) is 0.435. The number of nitrogens with zero attached hydrogens (tertiary/aromatic N) is 4. The largest absolute Gasteiger partial charge is 0.375 e. The van der Waals surface area contributed by atoms with E-state index in [1.807, 2.05) is 18.2 Å². The highest BCUT2D eigenvalue weighted by Gasteiger charge is 2.30. The number of H-pyrrole nitrogens is 1. The van der Waals surface area contributed by atoms with Crippen molar-refractivity contribution in [2.45, 2.75) is 38.4 Å². The lowest BCUT2D eigenvalue weighted by Crippen LogP contribution is -2.41. The van der Waals surface area contributed by atoms with Crippen LogP contribution in [0.15, 0.2) is 35.1 Å². The van der Waals surface area contributed by atoms with Gasteiger partial charge in [0, 0.05) is 37.4 Å². The summed E-state index contributed by atoms with van der Waals surface area (Å²) in [6, 6.07) is 8.81. The molecule has 0 unspecified atom stereocenters. The molecule has 0 aliphatic carbocycles. The average Bonchev–Trinajstić information content (AvgIpc) is 3.42. The van der Waals surface area contributed by atoms with Crippen molar-refractivity contribution in [3.05, 3.63) is 69.0 Å². The smallest absolute Gasteiger partial charge is 0.276 e. The van der Waals surface area contributed by atoms with E-state index in [4.69, 9.17) is 9.72 Å². The Morgan fingerprint density at radius 3 is 2.97 bits per heavy atom. The molecule has 1 amide bonds. The summed E-state index contributed by atoms with van der Waals surface area (Å²) in [4.78, 5) is 33.9. The molecule has 4 heterocycles. The summed E-state index contributed by atoms with van der Waals surface area (Å²) in [5.41, 5.74) is 3.29. The molecular formula is C23H26FN5O3. The van der Waals surface area contributed by atoms with E-state index in [1.54, 1.807) is 11.0 Å². The molecule has 168 valence electrons. The van der Waals surface area contributed by atoms with Gasteiger partial charge < -0.3 is 9.64 Å². The van der Waals surface area contributed by atoms with Gasteiger partial charge in [-0.1, -0.05) is 18.2 Å². The summed E-state index contributed by atoms with van der Waals surface area (Å²) in [6.07, 6.45) is 2.40. The van der Waals surface area contributed by atoms with Crippen LogP contribution in [-0.4, -0.2) is 57.1 Å². The first-order valence-electron chi connectivity index (χ1n) is 10.9. The summed E-state index contributed by atoms with van der Waals surface area (Å²) < 4.78 is 20.6. The van der Waals surface area contributed by atoms with E-state index < -0.39 is 0 Å². The van der Waals surface area contributed by atoms with Gasteiger partial charge in [0.05, 0.1) is 24.0 Å². The van der Waals surface area contributed by atoms with Gasteiger partial charge >= 0.3 is 0 Å². The molecule has 0 spiro atoms. The van der Waals surface area contributed by atoms with Crippen molar-refractivity contribution >= 4 is 11.6 Å². The van der Waals surface area contributed by atoms with Crippen LogP contribution in [0.5, 0.6) is 0 Å². The van der Waals surface area contributed by atoms with Crippen LogP contribution < -0.4 is 5.56 Å². The minimum atomic E-state index is -0.201. The van der Waals surface area contributed by atoms with E-state index >= 15 is 0 Å². The molecule has 1 aromatic carbocycles. The molecule has 8 nitrogen and oxygen atoms in total. The molecule has 0 saturated carbocycles. The van der Waals surface area contributed by atoms with Gasteiger partial charge in [0.2, 0.25) is 5.91 Å². The van der Waals surface area contributed by atoms with Crippen LogP contribution in [0, 0.1) is 5.82 Å². The number of hydrogen-bond acceptors (Lipinski definition) is 5. The standard InChI is InChI=1S/C23H26FN5O3/c1-32-14-22(30)28-10-8-16-19(13-28)25-21-11-18(26-29(21)23(16)31)20-7-4-9-27(20)12-15-5-2-3-6-17(15)24/h2-3,5-6,11,20,26H,4,7-10,12-14H2,1H3/t20-/m1/s1. The van der Waals surface area contributed by atoms with Crippen LogP contribution in [0.2, 0.25) is 0 Å². The molecule has 0 radical (unpaired) electrons. The third-order valence-corrected chi connectivity index (χ3v) is 6.46. The summed E-state index contributed by atoms with van der Waals surface area (Å²) >= 11 is 0. The molecule has 2 aliphatic rings. The second kappa shape index (κ2) is 8.48. The van der Waals surface area contributed by atoms with Crippen LogP contribution in [0.3, 0.4) is 0 Å². The lowest BCUT2D eigenvalue weighted by molar-refractivity contribution is -0.136. The van der Waals surface area contributed by atoms with Crippen molar-refractivity contribution in [3.8, 4) is 0 Å². The third-order valence-electron chi connectivity index (χ3n) is 6.46. The van der Waals surface area contributed by atoms with Crippen LogP contribution in [0.1, 0.15) is 41.4 Å². The second-order valence-corrected chi connectivity index (χ2v) is 8.47. The molecule has 5 rings (SSSR count). The van der Waals surface area contributed by atoms with E-state index in [9.17, 15) is 14.0 Å². The Hall–Kier alpha value is -3.04. The lowest BCUT2D eigenvalue weighted by Gasteiger charge is -2.27. The zero-order valence-corrected chi connectivity index (χ0v) is 18.0. The number of aromatic amines is 1. The van der Waals surface area contributed by atoms with Gasteiger partial charge in [0.1, 0.15) is 12.4 Å². The number of methoxy groups -OCH3 is 1. The van der Waals surface area contributed by atoms with Crippen molar-refractivity contribution < 1.29 is 13.9 Å². The van der Waals surface area contributed by atoms with Gasteiger partial charge in [0.25, 0.3) is 5.56 Å². The molecule has 1 saturated heterocycles. The van der Waals surface area contributed by atoms with Gasteiger partial charge in [0.15, 0.2) is 5.65 Å². The Morgan fingerprint density at radius 2 is 2.16 bits per heavy atom. The minimum Gasteiger partial charge on any atom is -0.375 e. The number of likely N-dealkylation sites (tertiary alicyclic amines) is 1. The number of halogens is 1. The van der Waals surface area contributed by atoms with Crippen LogP contribution in [0.4, 0.5) is 4.39 Å². The highest BCUT2D eigenvalue weighted by atomic mass is 19.1. The van der Waals surface area contributed by atoms with E-state index in [0.717, 1.165) is 25.1 Å². The topological polar surface area (TPSA) is 82.9 Å². The molecule has 3 aromatic rings. The van der Waals surface area contributed by atoms with Crippen molar-refractivity contribution in [3.63, 3.8) is 0 Å². The van der Waals surface area contributed by atoms with Crippen LogP contribution >= 0.6 is 0 Å². The van der Waals surface area contributed by atoms with E-state index in [1.165, 1.54) is 17.7 Å². The maximum atomic E-state index is 14.2. The zero-order chi connectivity index (χ0) is 22.2. The number of ether oxygens (including phenoxy) is 1. The Balaban J connectivity index is 1.44. The Labute approximate surface area is 184 Å². The predicted molar refractivity (Wildman–Crippen MR) is 116 cm³/mol. The number of carbonyl (C=O) groups excluding carboxylic acids is 1. The number of carbonyl (C=O) groups is 1. The Kier molecular flexibility index (Phi) is 5.52. The predicted octanol–water partition coefficient (Wildman–Crippen LogP) is 2.03. The highest BCUT2D eigenvalue weighted by molar-refractivity contribution is 5.77. The number of benzene rings is 1. The Morgan fingerprint density at radius 1 is 1.31 bits per heavy atom. The molecule has 0 bridgehead atoms. The average molecular weight is 439 g/mol. The number of hydrogen-bond donors (Lipinski definition) is 1. The molecule has 1 fully saturated rings. The van der Waals surface area contributed by atoms with Crippen molar-refractivity contribution in [1.29, 1.82) is 0 Å². The first-order valence-corrected chi connectivity index (χ1v) is 10.9. The maximum Gasteiger partial charge on any atom is 0.276 e. The first-order chi connectivity index (χ1) is 15.5. The van der Waals surface area contributed by atoms with E-state index in [0.29, 0.717) is 48.5 Å². The first kappa shape index (κ1) is 20.8. The van der Waals surface area contributed by atoms with Gasteiger partial charge in [-0.2, -0.15) is 0 Å². The quantitative estimate of drug-likeness (QED) is 0.658. The highest BCUT2D eigenvalue weighted by Crippen LogP contribution is 2.33. The maximum absolute atomic E-state index is 14.2. The monoisotopic (exact) mass is 439 g/mol. The molecule has 1 N–H and O–H groups in total. The van der Waals surface area contributed by atoms with Crippen molar-refractivity contribution in [2.24, 2.45) is 0 Å². The van der Waals surface area contributed by atoms with E-state index in [2.05, 4.69) is 10.00 Å². The van der Waals surface area contributed by atoms with Gasteiger partial charge in [-0.25, -0.2) is 13.9 Å². The lowest BCUT2D eigenvalue weighted by atomic mass is 10.1. The fourth-order valence-electron chi connectivity index (χ4n) is 4.82. The number of rotatable bonds is 5. The number of aromatic nitrogens is 3. The normalized spacial score (nSPS) is 18.9. The van der Waals surface area contributed by atoms with Gasteiger partial charge in [-0.3, -0.25) is 19.6 Å². The van der Waals surface area contributed by atoms with Crippen molar-refractivity contribution in [2.75, 3.05) is 26.8 Å². The fourth-order valence-corrected chi connectivity index (χ4v) is 4.82. The third kappa shape index (κ3) is 3.71. The van der Waals surface area contributed by atoms with E-state index in [-0.39, 0.29) is 29.9 Å². The second-order valence-electron chi connectivity index (χ2n) is 8.47. The molecule has 9 heteroatoms. The zero-order valence-electron chi connectivity index (χ0n) is 18.0. The SMILES string of the molecule is COCC(=O)N1CCc2c(nc3cc([C@H]4CCCN4Cc4ccccc4F)[nH]n3c2=O)C1. The molecule has 1 atom stereocenters. The summed E-state index contributed by atoms with van der Waals surface area (Å²) in [5, 5.41) is 3.25. The number of nitrogens with one attached hydrogen (secondary N) is 1. The summed E-state index contributed by atoms with van der Waals surface area (Å²) in [7, 11) is 1.49. The molecule has 2 aliphatic heterocycles. The summed E-state index contributed by atoms with van der Waals surface area (Å²) in [6.45, 7) is 2.19. The van der Waals surface area contributed by atoms with Crippen molar-refractivity contribution in [1.82, 2.24) is 24.4 Å². The molecule has 2 aromatic heterocycles.